The van der Waals surface area contributed by atoms with Crippen LogP contribution in [0.25, 0.3) is 5.65 Å². The largest absolute Gasteiger partial charge is 0.277 e. The van der Waals surface area contributed by atoms with Crippen molar-refractivity contribution in [2.24, 2.45) is 0 Å². The summed E-state index contributed by atoms with van der Waals surface area (Å²) >= 11 is 4.95. The monoisotopic (exact) mass is 320 g/mol. The van der Waals surface area contributed by atoms with Crippen LogP contribution in [0.1, 0.15) is 5.69 Å². The number of hydrogen-bond donors (Lipinski definition) is 0. The summed E-state index contributed by atoms with van der Waals surface area (Å²) in [5, 5.41) is 10.0. The van der Waals surface area contributed by atoms with Crippen LogP contribution in [0.2, 0.25) is 0 Å². The Labute approximate surface area is 117 Å². The summed E-state index contributed by atoms with van der Waals surface area (Å²) in [5.41, 5.74) is 1.81. The van der Waals surface area contributed by atoms with Gasteiger partial charge in [0.15, 0.2) is 5.65 Å². The van der Waals surface area contributed by atoms with E-state index in [4.69, 9.17) is 0 Å². The molecule has 0 aliphatic heterocycles. The topological polar surface area (TPSA) is 43.1 Å². The second-order valence-corrected chi connectivity index (χ2v) is 5.57. The Morgan fingerprint density at radius 2 is 2.06 bits per heavy atom. The molecule has 3 aromatic rings. The zero-order valence-corrected chi connectivity index (χ0v) is 11.9. The average Bonchev–Trinajstić information content (AvgIpc) is 2.78. The van der Waals surface area contributed by atoms with Crippen LogP contribution >= 0.6 is 27.7 Å². The second kappa shape index (κ2) is 4.70. The van der Waals surface area contributed by atoms with Crippen molar-refractivity contribution in [3.05, 3.63) is 46.7 Å². The molecule has 0 saturated carbocycles. The lowest BCUT2D eigenvalue weighted by Gasteiger charge is -2.02. The van der Waals surface area contributed by atoms with Crippen molar-refractivity contribution < 1.29 is 0 Å². The van der Waals surface area contributed by atoms with Gasteiger partial charge >= 0.3 is 0 Å². The highest BCUT2D eigenvalue weighted by atomic mass is 79.9. The Hall–Kier alpha value is -1.40. The van der Waals surface area contributed by atoms with Gasteiger partial charge in [-0.15, -0.1) is 10.2 Å². The van der Waals surface area contributed by atoms with Crippen molar-refractivity contribution in [3.63, 3.8) is 0 Å². The first kappa shape index (κ1) is 11.7. The molecule has 0 aliphatic rings. The normalized spacial score (nSPS) is 11.0. The number of rotatable bonds is 2. The molecule has 4 nitrogen and oxygen atoms in total. The highest BCUT2D eigenvalue weighted by molar-refractivity contribution is 9.10. The third-order valence-electron chi connectivity index (χ3n) is 2.47. The fourth-order valence-electron chi connectivity index (χ4n) is 1.56. The SMILES string of the molecule is Cc1nc(Sc2nnc3ccccn23)ccc1Br. The molecule has 0 bridgehead atoms. The minimum atomic E-state index is 0.819. The van der Waals surface area contributed by atoms with Crippen molar-refractivity contribution in [1.29, 1.82) is 0 Å². The highest BCUT2D eigenvalue weighted by Crippen LogP contribution is 2.26. The maximum atomic E-state index is 4.49. The van der Waals surface area contributed by atoms with Gasteiger partial charge in [-0.05, 0) is 58.9 Å². The summed E-state index contributed by atoms with van der Waals surface area (Å²) in [7, 11) is 0. The smallest absolute Gasteiger partial charge is 0.201 e. The average molecular weight is 321 g/mol. The molecule has 90 valence electrons. The van der Waals surface area contributed by atoms with Crippen LogP contribution in [0.15, 0.2) is 51.2 Å². The minimum absolute atomic E-state index is 0.819. The fraction of sp³-hybridized carbons (Fsp3) is 0.0833. The predicted molar refractivity (Wildman–Crippen MR) is 73.8 cm³/mol. The molecule has 0 fully saturated rings. The van der Waals surface area contributed by atoms with E-state index in [-0.39, 0.29) is 0 Å². The Bertz CT molecular complexity index is 710. The molecule has 0 radical (unpaired) electrons. The zero-order chi connectivity index (χ0) is 12.5. The Balaban J connectivity index is 1.98. The number of pyridine rings is 2. The maximum Gasteiger partial charge on any atom is 0.201 e. The number of nitrogens with zero attached hydrogens (tertiary/aromatic N) is 4. The molecule has 0 saturated heterocycles. The molecule has 0 atom stereocenters. The quantitative estimate of drug-likeness (QED) is 0.726. The van der Waals surface area contributed by atoms with Crippen LogP contribution in [-0.2, 0) is 0 Å². The molecule has 0 N–H and O–H groups in total. The summed E-state index contributed by atoms with van der Waals surface area (Å²) in [6.45, 7) is 1.97. The molecule has 0 aliphatic carbocycles. The van der Waals surface area contributed by atoms with E-state index in [1.165, 1.54) is 11.8 Å². The lowest BCUT2D eigenvalue weighted by Crippen LogP contribution is -1.89. The first-order valence-electron chi connectivity index (χ1n) is 5.35. The Morgan fingerprint density at radius 1 is 1.17 bits per heavy atom. The Morgan fingerprint density at radius 3 is 2.89 bits per heavy atom. The van der Waals surface area contributed by atoms with Gasteiger partial charge < -0.3 is 0 Å². The van der Waals surface area contributed by atoms with E-state index in [1.807, 2.05) is 47.9 Å². The Kier molecular flexibility index (Phi) is 3.05. The molecular formula is C12H9BrN4S. The van der Waals surface area contributed by atoms with Crippen LogP contribution in [0.4, 0.5) is 0 Å². The summed E-state index contributed by atoms with van der Waals surface area (Å²) in [6, 6.07) is 9.79. The third kappa shape index (κ3) is 2.13. The second-order valence-electron chi connectivity index (χ2n) is 3.73. The van der Waals surface area contributed by atoms with Crippen molar-refractivity contribution in [3.8, 4) is 0 Å². The number of hydrogen-bond acceptors (Lipinski definition) is 4. The molecule has 3 rings (SSSR count). The molecule has 6 heteroatoms. The number of halogens is 1. The number of aryl methyl sites for hydroxylation is 1. The third-order valence-corrected chi connectivity index (χ3v) is 4.21. The van der Waals surface area contributed by atoms with Crippen LogP contribution in [0, 0.1) is 6.92 Å². The van der Waals surface area contributed by atoms with Gasteiger partial charge in [-0.3, -0.25) is 4.40 Å². The summed E-state index contributed by atoms with van der Waals surface area (Å²) in [4.78, 5) is 4.49. The van der Waals surface area contributed by atoms with Gasteiger partial charge in [-0.25, -0.2) is 4.98 Å². The zero-order valence-electron chi connectivity index (χ0n) is 9.54. The molecule has 3 aromatic heterocycles. The first-order chi connectivity index (χ1) is 8.74. The van der Waals surface area contributed by atoms with E-state index in [9.17, 15) is 0 Å². The van der Waals surface area contributed by atoms with Gasteiger partial charge in [-0.2, -0.15) is 0 Å². The van der Waals surface area contributed by atoms with Crippen LogP contribution in [0.5, 0.6) is 0 Å². The van der Waals surface area contributed by atoms with Gasteiger partial charge in [0.1, 0.15) is 5.03 Å². The summed E-state index contributed by atoms with van der Waals surface area (Å²) in [6.07, 6.45) is 1.95. The first-order valence-corrected chi connectivity index (χ1v) is 6.96. The van der Waals surface area contributed by atoms with E-state index in [0.29, 0.717) is 0 Å². The molecular weight excluding hydrogens is 312 g/mol. The summed E-state index contributed by atoms with van der Waals surface area (Å²) in [5.74, 6) is 0. The van der Waals surface area contributed by atoms with Crippen LogP contribution in [-0.4, -0.2) is 19.6 Å². The number of aromatic nitrogens is 4. The van der Waals surface area contributed by atoms with Gasteiger partial charge in [0.05, 0.1) is 5.69 Å². The maximum absolute atomic E-state index is 4.49. The minimum Gasteiger partial charge on any atom is -0.277 e. The standard InChI is InChI=1S/C12H9BrN4S/c1-8-9(13)5-6-11(14-8)18-12-16-15-10-4-2-3-7-17(10)12/h2-7H,1H3. The van der Waals surface area contributed by atoms with E-state index in [2.05, 4.69) is 31.1 Å². The van der Waals surface area contributed by atoms with Gasteiger partial charge in [0.2, 0.25) is 5.16 Å². The van der Waals surface area contributed by atoms with Crippen molar-refractivity contribution in [2.45, 2.75) is 17.1 Å². The molecule has 0 aromatic carbocycles. The van der Waals surface area contributed by atoms with Gasteiger partial charge in [0.25, 0.3) is 0 Å². The number of fused-ring (bicyclic) bond motifs is 1. The molecule has 0 unspecified atom stereocenters. The summed E-state index contributed by atoms with van der Waals surface area (Å²) < 4.78 is 2.96. The molecule has 0 amide bonds. The van der Waals surface area contributed by atoms with Gasteiger partial charge in [0, 0.05) is 10.7 Å². The fourth-order valence-corrected chi connectivity index (χ4v) is 2.62. The van der Waals surface area contributed by atoms with Crippen molar-refractivity contribution >= 4 is 33.3 Å². The van der Waals surface area contributed by atoms with Crippen molar-refractivity contribution in [1.82, 2.24) is 19.6 Å². The van der Waals surface area contributed by atoms with Crippen LogP contribution in [0.3, 0.4) is 0 Å². The molecule has 18 heavy (non-hydrogen) atoms. The van der Waals surface area contributed by atoms with E-state index >= 15 is 0 Å². The lowest BCUT2D eigenvalue weighted by atomic mass is 10.4. The molecule has 0 spiro atoms. The van der Waals surface area contributed by atoms with E-state index in [1.54, 1.807) is 0 Å². The molecule has 3 heterocycles. The lowest BCUT2D eigenvalue weighted by molar-refractivity contribution is 0.914. The van der Waals surface area contributed by atoms with Crippen molar-refractivity contribution in [2.75, 3.05) is 0 Å². The predicted octanol–water partition coefficient (Wildman–Crippen LogP) is 3.35. The van der Waals surface area contributed by atoms with E-state index in [0.717, 1.165) is 26.0 Å². The van der Waals surface area contributed by atoms with E-state index < -0.39 is 0 Å². The van der Waals surface area contributed by atoms with Crippen LogP contribution < -0.4 is 0 Å². The van der Waals surface area contributed by atoms with Gasteiger partial charge in [-0.1, -0.05) is 6.07 Å². The highest BCUT2D eigenvalue weighted by Gasteiger charge is 2.08.